The molecule has 1 fully saturated rings. The summed E-state index contributed by atoms with van der Waals surface area (Å²) >= 11 is 0. The number of halogens is 2. The lowest BCUT2D eigenvalue weighted by molar-refractivity contribution is 0.0920. The van der Waals surface area contributed by atoms with Gasteiger partial charge in [0.1, 0.15) is 0 Å². The zero-order valence-electron chi connectivity index (χ0n) is 15.8. The number of piperidine rings is 1. The summed E-state index contributed by atoms with van der Waals surface area (Å²) in [6.07, 6.45) is 3.63. The third-order valence-corrected chi connectivity index (χ3v) is 4.90. The number of carbonyl (C=O) groups is 1. The molecule has 0 radical (unpaired) electrons. The van der Waals surface area contributed by atoms with Crippen LogP contribution in [0.15, 0.2) is 36.5 Å². The number of benzene rings is 1. The van der Waals surface area contributed by atoms with Gasteiger partial charge in [-0.15, -0.1) is 29.9 Å². The van der Waals surface area contributed by atoms with E-state index in [1.165, 1.54) is 0 Å². The Labute approximate surface area is 176 Å². The first kappa shape index (κ1) is 22.1. The number of hydrogen-bond acceptors (Lipinski definition) is 5. The Kier molecular flexibility index (Phi) is 7.35. The van der Waals surface area contributed by atoms with Gasteiger partial charge in [-0.25, -0.2) is 4.68 Å². The molecule has 150 valence electrons. The van der Waals surface area contributed by atoms with E-state index in [0.29, 0.717) is 11.7 Å². The van der Waals surface area contributed by atoms with E-state index < -0.39 is 0 Å². The third-order valence-electron chi connectivity index (χ3n) is 4.90. The molecule has 28 heavy (non-hydrogen) atoms. The topological polar surface area (TPSA) is 84.7 Å². The highest BCUT2D eigenvalue weighted by Gasteiger charge is 2.23. The van der Waals surface area contributed by atoms with Gasteiger partial charge in [-0.3, -0.25) is 9.78 Å². The predicted molar refractivity (Wildman–Crippen MR) is 114 cm³/mol. The third kappa shape index (κ3) is 4.43. The highest BCUT2D eigenvalue weighted by atomic mass is 35.5. The second-order valence-corrected chi connectivity index (χ2v) is 6.87. The van der Waals surface area contributed by atoms with Crippen molar-refractivity contribution in [1.82, 2.24) is 30.6 Å². The number of pyridine rings is 1. The van der Waals surface area contributed by atoms with Crippen molar-refractivity contribution in [1.29, 1.82) is 0 Å². The summed E-state index contributed by atoms with van der Waals surface area (Å²) in [6, 6.07) is 10.4. The fraction of sp³-hybridized carbons (Fsp3) is 0.368. The summed E-state index contributed by atoms with van der Waals surface area (Å²) in [4.78, 5) is 17.0. The van der Waals surface area contributed by atoms with E-state index >= 15 is 0 Å². The average molecular weight is 423 g/mol. The molecule has 3 heterocycles. The Bertz CT molecular complexity index is 961. The summed E-state index contributed by atoms with van der Waals surface area (Å²) < 4.78 is 1.70. The van der Waals surface area contributed by atoms with Crippen LogP contribution >= 0.6 is 24.8 Å². The Morgan fingerprint density at radius 2 is 2.11 bits per heavy atom. The van der Waals surface area contributed by atoms with Gasteiger partial charge >= 0.3 is 0 Å². The molecule has 1 aromatic carbocycles. The lowest BCUT2D eigenvalue weighted by atomic mass is 10.0. The standard InChI is InChI=1S/C19H22N6O.2ClH/c1-12-10-15(7-9-20-12)22-19(26)18-13(2)25(24-23-18)16-5-6-17-14(11-16)4-3-8-21-17;;/h3-6,8,11-12,15,20H,7,9-10H2,1-2H3,(H,22,26);2*1H. The van der Waals surface area contributed by atoms with E-state index in [4.69, 9.17) is 0 Å². The van der Waals surface area contributed by atoms with Crippen LogP contribution in [-0.2, 0) is 0 Å². The number of hydrogen-bond donors (Lipinski definition) is 2. The van der Waals surface area contributed by atoms with Crippen molar-refractivity contribution >= 4 is 41.6 Å². The van der Waals surface area contributed by atoms with Crippen molar-refractivity contribution in [3.8, 4) is 5.69 Å². The molecular weight excluding hydrogens is 399 g/mol. The van der Waals surface area contributed by atoms with Gasteiger partial charge < -0.3 is 10.6 Å². The fourth-order valence-corrected chi connectivity index (χ4v) is 3.50. The van der Waals surface area contributed by atoms with Crippen molar-refractivity contribution < 1.29 is 4.79 Å². The lowest BCUT2D eigenvalue weighted by Crippen LogP contribution is -2.46. The molecule has 1 amide bonds. The second kappa shape index (κ2) is 9.32. The predicted octanol–water partition coefficient (Wildman–Crippen LogP) is 2.84. The van der Waals surface area contributed by atoms with E-state index in [9.17, 15) is 4.79 Å². The van der Waals surface area contributed by atoms with Crippen LogP contribution in [0.3, 0.4) is 0 Å². The average Bonchev–Trinajstić information content (AvgIpc) is 3.03. The quantitative estimate of drug-likeness (QED) is 0.677. The molecule has 2 N–H and O–H groups in total. The zero-order valence-corrected chi connectivity index (χ0v) is 17.4. The van der Waals surface area contributed by atoms with Crippen LogP contribution in [0.2, 0.25) is 0 Å². The number of fused-ring (bicyclic) bond motifs is 1. The molecule has 0 saturated carbocycles. The maximum atomic E-state index is 12.6. The van der Waals surface area contributed by atoms with Crippen LogP contribution in [0.5, 0.6) is 0 Å². The Morgan fingerprint density at radius 3 is 2.89 bits per heavy atom. The van der Waals surface area contributed by atoms with Crippen LogP contribution < -0.4 is 10.6 Å². The smallest absolute Gasteiger partial charge is 0.273 e. The molecular formula is C19H24Cl2N6O. The Morgan fingerprint density at radius 1 is 1.29 bits per heavy atom. The SMILES string of the molecule is Cc1c(C(=O)NC2CCNC(C)C2)nnn1-c1ccc2ncccc2c1.Cl.Cl. The zero-order chi connectivity index (χ0) is 18.1. The lowest BCUT2D eigenvalue weighted by Gasteiger charge is -2.28. The second-order valence-electron chi connectivity index (χ2n) is 6.87. The van der Waals surface area contributed by atoms with E-state index in [2.05, 4.69) is 32.9 Å². The first-order valence-electron chi connectivity index (χ1n) is 8.93. The van der Waals surface area contributed by atoms with E-state index in [1.54, 1.807) is 10.9 Å². The van der Waals surface area contributed by atoms with Crippen LogP contribution in [0, 0.1) is 6.92 Å². The molecule has 1 aliphatic rings. The summed E-state index contributed by atoms with van der Waals surface area (Å²) in [6.45, 7) is 4.92. The highest BCUT2D eigenvalue weighted by Crippen LogP contribution is 2.18. The molecule has 2 unspecified atom stereocenters. The number of rotatable bonds is 3. The van der Waals surface area contributed by atoms with Crippen LogP contribution in [0.4, 0.5) is 0 Å². The van der Waals surface area contributed by atoms with Crippen molar-refractivity contribution in [2.45, 2.75) is 38.8 Å². The van der Waals surface area contributed by atoms with Gasteiger partial charge in [-0.2, -0.15) is 0 Å². The molecule has 0 bridgehead atoms. The first-order valence-corrected chi connectivity index (χ1v) is 8.93. The number of aromatic nitrogens is 4. The van der Waals surface area contributed by atoms with Gasteiger partial charge in [0, 0.05) is 23.7 Å². The van der Waals surface area contributed by atoms with Gasteiger partial charge in [0.05, 0.1) is 16.9 Å². The molecule has 7 nitrogen and oxygen atoms in total. The van der Waals surface area contributed by atoms with Gasteiger partial charge in [0.2, 0.25) is 0 Å². The van der Waals surface area contributed by atoms with Crippen LogP contribution in [0.1, 0.15) is 35.9 Å². The summed E-state index contributed by atoms with van der Waals surface area (Å²) in [5, 5.41) is 15.8. The van der Waals surface area contributed by atoms with Crippen molar-refractivity contribution in [2.75, 3.05) is 6.54 Å². The molecule has 3 aromatic rings. The summed E-state index contributed by atoms with van der Waals surface area (Å²) in [5.41, 5.74) is 2.90. The first-order chi connectivity index (χ1) is 12.6. The maximum Gasteiger partial charge on any atom is 0.273 e. The molecule has 4 rings (SSSR count). The minimum Gasteiger partial charge on any atom is -0.348 e. The van der Waals surface area contributed by atoms with Crippen molar-refractivity contribution in [3.63, 3.8) is 0 Å². The Hall–Kier alpha value is -2.22. The maximum absolute atomic E-state index is 12.6. The van der Waals surface area contributed by atoms with E-state index in [1.807, 2.05) is 37.3 Å². The monoisotopic (exact) mass is 422 g/mol. The molecule has 2 aromatic heterocycles. The number of nitrogens with one attached hydrogen (secondary N) is 2. The van der Waals surface area contributed by atoms with Crippen molar-refractivity contribution in [2.24, 2.45) is 0 Å². The highest BCUT2D eigenvalue weighted by molar-refractivity contribution is 5.93. The number of nitrogens with zero attached hydrogens (tertiary/aromatic N) is 4. The summed E-state index contributed by atoms with van der Waals surface area (Å²) in [7, 11) is 0. The van der Waals surface area contributed by atoms with E-state index in [0.717, 1.165) is 41.7 Å². The van der Waals surface area contributed by atoms with Crippen LogP contribution in [-0.4, -0.2) is 44.5 Å². The largest absolute Gasteiger partial charge is 0.348 e. The van der Waals surface area contributed by atoms with Crippen LogP contribution in [0.25, 0.3) is 16.6 Å². The summed E-state index contributed by atoms with van der Waals surface area (Å²) in [5.74, 6) is -0.157. The van der Waals surface area contributed by atoms with E-state index in [-0.39, 0.29) is 36.8 Å². The van der Waals surface area contributed by atoms with Gasteiger partial charge in [-0.1, -0.05) is 11.3 Å². The van der Waals surface area contributed by atoms with Gasteiger partial charge in [0.25, 0.3) is 5.91 Å². The minimum absolute atomic E-state index is 0. The molecule has 2 atom stereocenters. The fourth-order valence-electron chi connectivity index (χ4n) is 3.50. The number of carbonyl (C=O) groups excluding carboxylic acids is 1. The molecule has 0 spiro atoms. The van der Waals surface area contributed by atoms with Crippen molar-refractivity contribution in [3.05, 3.63) is 47.9 Å². The van der Waals surface area contributed by atoms with Gasteiger partial charge in [-0.05, 0) is 57.5 Å². The molecule has 0 aliphatic carbocycles. The molecule has 1 saturated heterocycles. The van der Waals surface area contributed by atoms with Gasteiger partial charge in [0.15, 0.2) is 5.69 Å². The normalized spacial score (nSPS) is 18.8. The minimum atomic E-state index is -0.157. The number of amides is 1. The molecule has 1 aliphatic heterocycles. The molecule has 9 heteroatoms. The Balaban J connectivity index is 0.00000140.